The summed E-state index contributed by atoms with van der Waals surface area (Å²) in [5.41, 5.74) is 8.30. The second-order valence-electron chi connectivity index (χ2n) is 8.74. The Kier molecular flexibility index (Phi) is 6.75. The number of hydrazine groups is 1. The minimum atomic E-state index is -0.897. The number of nitrogens with one attached hydrogen (secondary N) is 1. The third kappa shape index (κ3) is 6.60. The number of hydrogen-bond donors (Lipinski definition) is 2. The van der Waals surface area contributed by atoms with E-state index in [0.717, 1.165) is 5.01 Å². The van der Waals surface area contributed by atoms with Gasteiger partial charge in [-0.05, 0) is 59.2 Å². The van der Waals surface area contributed by atoms with Crippen molar-refractivity contribution in [2.75, 3.05) is 10.7 Å². The zero-order valence-corrected chi connectivity index (χ0v) is 18.5. The lowest BCUT2D eigenvalue weighted by atomic mass is 10.0. The van der Waals surface area contributed by atoms with Crippen molar-refractivity contribution in [2.45, 2.75) is 52.7 Å². The maximum Gasteiger partial charge on any atom is 0.434 e. The average Bonchev–Trinajstić information content (AvgIpc) is 2.63. The number of anilines is 2. The number of carbonyl (C=O) groups is 2. The molecule has 0 spiro atoms. The molecule has 0 aliphatic heterocycles. The third-order valence-electron chi connectivity index (χ3n) is 3.68. The van der Waals surface area contributed by atoms with Crippen molar-refractivity contribution in [1.82, 2.24) is 10.4 Å². The first-order chi connectivity index (χ1) is 14.3. The summed E-state index contributed by atoms with van der Waals surface area (Å²) in [5.74, 6) is 0. The van der Waals surface area contributed by atoms with Gasteiger partial charge in [0.2, 0.25) is 0 Å². The molecular weight excluding hydrogens is 398 g/mol. The van der Waals surface area contributed by atoms with Gasteiger partial charge in [-0.1, -0.05) is 12.1 Å². The van der Waals surface area contributed by atoms with Crippen molar-refractivity contribution in [1.29, 1.82) is 5.26 Å². The van der Waals surface area contributed by atoms with Crippen molar-refractivity contribution in [3.8, 4) is 17.2 Å². The van der Waals surface area contributed by atoms with E-state index >= 15 is 0 Å². The van der Waals surface area contributed by atoms with Crippen molar-refractivity contribution in [3.63, 3.8) is 0 Å². The van der Waals surface area contributed by atoms with Crippen molar-refractivity contribution < 1.29 is 19.1 Å². The van der Waals surface area contributed by atoms with Crippen molar-refractivity contribution in [3.05, 3.63) is 42.2 Å². The first-order valence-electron chi connectivity index (χ1n) is 9.57. The first-order valence-corrected chi connectivity index (χ1v) is 9.57. The van der Waals surface area contributed by atoms with Crippen LogP contribution >= 0.6 is 0 Å². The highest BCUT2D eigenvalue weighted by Gasteiger charge is 2.30. The Morgan fingerprint density at radius 3 is 2.13 bits per heavy atom. The van der Waals surface area contributed by atoms with Gasteiger partial charge in [-0.15, -0.1) is 0 Å². The maximum absolute atomic E-state index is 12.9. The Morgan fingerprint density at radius 2 is 1.61 bits per heavy atom. The number of hydrogen-bond acceptors (Lipinski definition) is 7. The summed E-state index contributed by atoms with van der Waals surface area (Å²) < 4.78 is 10.7. The number of nitrogen functional groups attached to an aromatic ring is 1. The SMILES string of the molecule is CC(C)(C)OC(=O)NN(C(=O)OC(C)(C)C)c1cncc(-c2ccc(N)cc2)c1C#N. The molecule has 0 aliphatic carbocycles. The number of amides is 2. The van der Waals surface area contributed by atoms with Crippen LogP contribution in [-0.2, 0) is 9.47 Å². The molecule has 2 amide bonds. The molecule has 0 atom stereocenters. The lowest BCUT2D eigenvalue weighted by Gasteiger charge is -2.29. The Hall–Kier alpha value is -3.80. The van der Waals surface area contributed by atoms with E-state index in [1.807, 2.05) is 0 Å². The third-order valence-corrected chi connectivity index (χ3v) is 3.68. The molecule has 0 saturated heterocycles. The van der Waals surface area contributed by atoms with E-state index < -0.39 is 23.4 Å². The predicted octanol–water partition coefficient (Wildman–Crippen LogP) is 4.38. The van der Waals surface area contributed by atoms with Crippen LogP contribution in [0.15, 0.2) is 36.7 Å². The van der Waals surface area contributed by atoms with Crippen LogP contribution in [0, 0.1) is 11.3 Å². The molecule has 0 radical (unpaired) electrons. The van der Waals surface area contributed by atoms with Crippen LogP contribution in [0.5, 0.6) is 0 Å². The van der Waals surface area contributed by atoms with Crippen LogP contribution < -0.4 is 16.2 Å². The molecule has 0 saturated carbocycles. The van der Waals surface area contributed by atoms with E-state index in [0.29, 0.717) is 16.8 Å². The number of pyridine rings is 1. The molecule has 3 N–H and O–H groups in total. The van der Waals surface area contributed by atoms with Crippen LogP contribution in [0.1, 0.15) is 47.1 Å². The van der Waals surface area contributed by atoms with Crippen LogP contribution in [0.3, 0.4) is 0 Å². The number of rotatable bonds is 2. The Balaban J connectivity index is 2.55. The van der Waals surface area contributed by atoms with Gasteiger partial charge in [0.15, 0.2) is 0 Å². The molecule has 0 aliphatic rings. The van der Waals surface area contributed by atoms with Crippen LogP contribution in [0.25, 0.3) is 11.1 Å². The van der Waals surface area contributed by atoms with Gasteiger partial charge in [-0.25, -0.2) is 15.0 Å². The zero-order chi connectivity index (χ0) is 23.4. The fourth-order valence-electron chi connectivity index (χ4n) is 2.52. The molecule has 31 heavy (non-hydrogen) atoms. The molecule has 9 nitrogen and oxygen atoms in total. The average molecular weight is 425 g/mol. The summed E-state index contributed by atoms with van der Waals surface area (Å²) in [6.45, 7) is 10.1. The maximum atomic E-state index is 12.9. The number of nitriles is 1. The number of nitrogens with two attached hydrogens (primary N) is 1. The normalized spacial score (nSPS) is 11.3. The summed E-state index contributed by atoms with van der Waals surface area (Å²) in [6, 6.07) is 8.93. The van der Waals surface area contributed by atoms with E-state index in [-0.39, 0.29) is 11.3 Å². The topological polar surface area (TPSA) is 131 Å². The highest BCUT2D eigenvalue weighted by atomic mass is 16.6. The molecule has 2 rings (SSSR count). The lowest BCUT2D eigenvalue weighted by molar-refractivity contribution is 0.0425. The predicted molar refractivity (Wildman–Crippen MR) is 117 cm³/mol. The quantitative estimate of drug-likeness (QED) is 0.539. The van der Waals surface area contributed by atoms with Gasteiger partial charge >= 0.3 is 12.2 Å². The largest absolute Gasteiger partial charge is 0.443 e. The van der Waals surface area contributed by atoms with Crippen molar-refractivity contribution >= 4 is 23.6 Å². The first kappa shape index (κ1) is 23.5. The standard InChI is InChI=1S/C22H27N5O4/c1-21(2,3)30-19(28)26-27(20(29)31-22(4,5)6)18-13-25-12-17(16(18)11-23)14-7-9-15(24)10-8-14/h7-10,12-13H,24H2,1-6H3,(H,26,28). The van der Waals surface area contributed by atoms with Gasteiger partial charge < -0.3 is 15.2 Å². The van der Waals surface area contributed by atoms with Gasteiger partial charge in [-0.2, -0.15) is 10.3 Å². The second kappa shape index (κ2) is 8.92. The van der Waals surface area contributed by atoms with Gasteiger partial charge in [0.1, 0.15) is 23.0 Å². The summed E-state index contributed by atoms with van der Waals surface area (Å²) in [6.07, 6.45) is 1.00. The highest BCUT2D eigenvalue weighted by Crippen LogP contribution is 2.30. The van der Waals surface area contributed by atoms with Gasteiger partial charge in [-0.3, -0.25) is 4.98 Å². The molecule has 9 heteroatoms. The summed E-state index contributed by atoms with van der Waals surface area (Å²) in [5, 5.41) is 10.7. The van der Waals surface area contributed by atoms with Gasteiger partial charge in [0.05, 0.1) is 11.8 Å². The Labute approximate surface area is 181 Å². The van der Waals surface area contributed by atoms with E-state index in [2.05, 4.69) is 16.5 Å². The van der Waals surface area contributed by atoms with Gasteiger partial charge in [0.25, 0.3) is 0 Å². The number of ether oxygens (including phenoxy) is 2. The van der Waals surface area contributed by atoms with Gasteiger partial charge in [0, 0.05) is 17.4 Å². The van der Waals surface area contributed by atoms with Crippen LogP contribution in [0.4, 0.5) is 21.0 Å². The van der Waals surface area contributed by atoms with Crippen LogP contribution in [-0.4, -0.2) is 28.4 Å². The summed E-state index contributed by atoms with van der Waals surface area (Å²) in [7, 11) is 0. The Bertz CT molecular complexity index is 999. The van der Waals surface area contributed by atoms with E-state index in [9.17, 15) is 14.9 Å². The molecule has 164 valence electrons. The monoisotopic (exact) mass is 425 g/mol. The fourth-order valence-corrected chi connectivity index (χ4v) is 2.52. The molecule has 1 aromatic heterocycles. The van der Waals surface area contributed by atoms with Crippen molar-refractivity contribution in [2.24, 2.45) is 0 Å². The number of benzene rings is 1. The molecular formula is C22H27N5O4. The Morgan fingerprint density at radius 1 is 1.03 bits per heavy atom. The molecule has 1 heterocycles. The minimum absolute atomic E-state index is 0.0388. The lowest BCUT2D eigenvalue weighted by Crippen LogP contribution is -2.50. The minimum Gasteiger partial charge on any atom is -0.443 e. The van der Waals surface area contributed by atoms with E-state index in [1.165, 1.54) is 12.4 Å². The molecule has 1 aromatic carbocycles. The number of nitrogens with zero attached hydrogens (tertiary/aromatic N) is 3. The zero-order valence-electron chi connectivity index (χ0n) is 18.5. The van der Waals surface area contributed by atoms with Crippen LogP contribution in [0.2, 0.25) is 0 Å². The summed E-state index contributed by atoms with van der Waals surface area (Å²) in [4.78, 5) is 29.5. The molecule has 0 unspecified atom stereocenters. The fraction of sp³-hybridized carbons (Fsp3) is 0.364. The molecule has 0 fully saturated rings. The smallest absolute Gasteiger partial charge is 0.434 e. The number of carbonyl (C=O) groups excluding carboxylic acids is 2. The van der Waals surface area contributed by atoms with E-state index in [4.69, 9.17) is 15.2 Å². The highest BCUT2D eigenvalue weighted by molar-refractivity contribution is 5.94. The molecule has 2 aromatic rings. The second-order valence-corrected chi connectivity index (χ2v) is 8.74. The summed E-state index contributed by atoms with van der Waals surface area (Å²) >= 11 is 0. The number of aromatic nitrogens is 1. The molecule has 0 bridgehead atoms. The van der Waals surface area contributed by atoms with E-state index in [1.54, 1.807) is 65.8 Å².